The van der Waals surface area contributed by atoms with Crippen molar-refractivity contribution < 1.29 is 19.0 Å². The zero-order valence-corrected chi connectivity index (χ0v) is 13.2. The van der Waals surface area contributed by atoms with Crippen LogP contribution in [0.2, 0.25) is 0 Å². The summed E-state index contributed by atoms with van der Waals surface area (Å²) in [6.45, 7) is -0.183. The van der Waals surface area contributed by atoms with E-state index in [2.05, 4.69) is 5.32 Å². The fourth-order valence-electron chi connectivity index (χ4n) is 2.76. The third-order valence-corrected chi connectivity index (χ3v) is 4.28. The molecule has 0 aromatic heterocycles. The number of nitrogens with one attached hydrogen (secondary N) is 1. The second kappa shape index (κ2) is 7.01. The normalized spacial score (nSPS) is 16.2. The van der Waals surface area contributed by atoms with Gasteiger partial charge in [-0.1, -0.05) is 42.5 Å². The molecular weight excluding hydrogens is 309 g/mol. The Labute approximate surface area is 140 Å². The largest absolute Gasteiger partial charge is 0.481 e. The van der Waals surface area contributed by atoms with Crippen molar-refractivity contribution in [3.8, 4) is 5.75 Å². The van der Waals surface area contributed by atoms with Crippen molar-refractivity contribution in [3.63, 3.8) is 0 Å². The molecule has 2 aromatic rings. The Kier molecular flexibility index (Phi) is 4.81. The summed E-state index contributed by atoms with van der Waals surface area (Å²) in [5.41, 5.74) is -0.280. The Morgan fingerprint density at radius 1 is 1.17 bits per heavy atom. The first-order valence-electron chi connectivity index (χ1n) is 8.01. The molecule has 24 heavy (non-hydrogen) atoms. The third kappa shape index (κ3) is 3.74. The average Bonchev–Trinajstić information content (AvgIpc) is 3.45. The number of amides is 1. The Hall–Kier alpha value is -2.40. The first-order chi connectivity index (χ1) is 11.6. The molecule has 0 heterocycles. The zero-order valence-electron chi connectivity index (χ0n) is 13.2. The van der Waals surface area contributed by atoms with Crippen molar-refractivity contribution in [1.82, 2.24) is 5.32 Å². The molecule has 1 atom stereocenters. The van der Waals surface area contributed by atoms with Gasteiger partial charge in [-0.3, -0.25) is 4.79 Å². The van der Waals surface area contributed by atoms with Crippen LogP contribution in [0.15, 0.2) is 54.6 Å². The van der Waals surface area contributed by atoms with Gasteiger partial charge in [-0.2, -0.15) is 0 Å². The van der Waals surface area contributed by atoms with Gasteiger partial charge in [-0.15, -0.1) is 0 Å². The lowest BCUT2D eigenvalue weighted by Crippen LogP contribution is -2.43. The van der Waals surface area contributed by atoms with E-state index in [9.17, 15) is 14.3 Å². The maximum atomic E-state index is 13.5. The highest BCUT2D eigenvalue weighted by molar-refractivity contribution is 5.77. The number of carbonyl (C=O) groups is 1. The predicted octanol–water partition coefficient (Wildman–Crippen LogP) is 2.62. The van der Waals surface area contributed by atoms with E-state index in [0.29, 0.717) is 0 Å². The molecule has 0 radical (unpaired) electrons. The Bertz CT molecular complexity index is 703. The lowest BCUT2D eigenvalue weighted by molar-refractivity contribution is -0.124. The summed E-state index contributed by atoms with van der Waals surface area (Å²) >= 11 is 0. The van der Waals surface area contributed by atoms with Crippen LogP contribution in [0.5, 0.6) is 5.75 Å². The second-order valence-corrected chi connectivity index (χ2v) is 6.06. The van der Waals surface area contributed by atoms with Gasteiger partial charge in [0.25, 0.3) is 5.91 Å². The van der Waals surface area contributed by atoms with E-state index in [0.717, 1.165) is 18.4 Å². The third-order valence-electron chi connectivity index (χ3n) is 4.28. The summed E-state index contributed by atoms with van der Waals surface area (Å²) in [5.74, 6) is -0.724. The van der Waals surface area contributed by atoms with Crippen molar-refractivity contribution in [3.05, 3.63) is 66.0 Å². The summed E-state index contributed by atoms with van der Waals surface area (Å²) in [6, 6.07) is 15.3. The summed E-state index contributed by atoms with van der Waals surface area (Å²) in [6.07, 6.45) is 1.87. The van der Waals surface area contributed by atoms with Gasteiger partial charge in [0.1, 0.15) is 5.60 Å². The lowest BCUT2D eigenvalue weighted by Gasteiger charge is -2.29. The fourth-order valence-corrected chi connectivity index (χ4v) is 2.76. The molecule has 4 nitrogen and oxygen atoms in total. The van der Waals surface area contributed by atoms with E-state index >= 15 is 0 Å². The molecule has 1 aliphatic rings. The van der Waals surface area contributed by atoms with E-state index in [-0.39, 0.29) is 24.8 Å². The summed E-state index contributed by atoms with van der Waals surface area (Å²) in [5, 5.41) is 13.7. The monoisotopic (exact) mass is 329 g/mol. The Morgan fingerprint density at radius 2 is 1.83 bits per heavy atom. The molecule has 126 valence electrons. The van der Waals surface area contributed by atoms with E-state index in [1.165, 1.54) is 12.1 Å². The van der Waals surface area contributed by atoms with E-state index in [1.807, 2.05) is 30.3 Å². The van der Waals surface area contributed by atoms with Crippen molar-refractivity contribution in [2.75, 3.05) is 13.2 Å². The van der Waals surface area contributed by atoms with Crippen LogP contribution in [0.25, 0.3) is 0 Å². The molecule has 1 saturated carbocycles. The van der Waals surface area contributed by atoms with E-state index in [1.54, 1.807) is 12.1 Å². The van der Waals surface area contributed by atoms with Gasteiger partial charge in [-0.25, -0.2) is 4.39 Å². The molecule has 3 rings (SSSR count). The smallest absolute Gasteiger partial charge is 0.258 e. The number of hydrogen-bond donors (Lipinski definition) is 2. The molecule has 1 fully saturated rings. The minimum Gasteiger partial charge on any atom is -0.481 e. The van der Waals surface area contributed by atoms with Gasteiger partial charge in [0.05, 0.1) is 6.54 Å². The number of aliphatic hydroxyl groups is 1. The van der Waals surface area contributed by atoms with Gasteiger partial charge in [0.2, 0.25) is 0 Å². The average molecular weight is 329 g/mol. The maximum absolute atomic E-state index is 13.5. The van der Waals surface area contributed by atoms with Crippen molar-refractivity contribution in [2.24, 2.45) is 5.92 Å². The van der Waals surface area contributed by atoms with Gasteiger partial charge in [0.15, 0.2) is 18.2 Å². The number of hydrogen-bond acceptors (Lipinski definition) is 3. The highest BCUT2D eigenvalue weighted by Gasteiger charge is 2.45. The molecule has 0 aliphatic heterocycles. The molecule has 1 amide bonds. The van der Waals surface area contributed by atoms with E-state index in [4.69, 9.17) is 4.74 Å². The minimum absolute atomic E-state index is 0.0353. The van der Waals surface area contributed by atoms with Gasteiger partial charge >= 0.3 is 0 Å². The lowest BCUT2D eigenvalue weighted by atomic mass is 9.88. The Morgan fingerprint density at radius 3 is 2.50 bits per heavy atom. The number of para-hydroxylation sites is 1. The van der Waals surface area contributed by atoms with Crippen LogP contribution in [0.3, 0.4) is 0 Å². The van der Waals surface area contributed by atoms with E-state index < -0.39 is 17.3 Å². The van der Waals surface area contributed by atoms with Crippen LogP contribution >= 0.6 is 0 Å². The van der Waals surface area contributed by atoms with Crippen LogP contribution < -0.4 is 10.1 Å². The predicted molar refractivity (Wildman–Crippen MR) is 88.0 cm³/mol. The van der Waals surface area contributed by atoms with Crippen molar-refractivity contribution in [1.29, 1.82) is 0 Å². The standard InChI is InChI=1S/C19H20FNO3/c20-16-8-4-5-9-17(16)24-12-18(22)21-13-19(23,15-10-11-15)14-6-2-1-3-7-14/h1-9,15,23H,10-13H2,(H,21,22)/t19-/m0/s1. The summed E-state index contributed by atoms with van der Waals surface area (Å²) < 4.78 is 18.6. The highest BCUT2D eigenvalue weighted by atomic mass is 19.1. The molecule has 0 bridgehead atoms. The number of carbonyl (C=O) groups excluding carboxylic acids is 1. The number of benzene rings is 2. The first-order valence-corrected chi connectivity index (χ1v) is 8.01. The minimum atomic E-state index is -1.07. The molecule has 0 spiro atoms. The molecule has 0 unspecified atom stereocenters. The number of rotatable bonds is 7. The van der Waals surface area contributed by atoms with Gasteiger partial charge < -0.3 is 15.2 Å². The van der Waals surface area contributed by atoms with Crippen molar-refractivity contribution >= 4 is 5.91 Å². The van der Waals surface area contributed by atoms with Crippen LogP contribution in [-0.4, -0.2) is 24.2 Å². The van der Waals surface area contributed by atoms with Crippen molar-refractivity contribution in [2.45, 2.75) is 18.4 Å². The van der Waals surface area contributed by atoms with Crippen LogP contribution in [0, 0.1) is 11.7 Å². The van der Waals surface area contributed by atoms with Crippen LogP contribution in [0.4, 0.5) is 4.39 Å². The molecule has 0 saturated heterocycles. The van der Waals surface area contributed by atoms with Gasteiger partial charge in [-0.05, 0) is 36.5 Å². The van der Waals surface area contributed by atoms with Gasteiger partial charge in [0, 0.05) is 0 Å². The molecule has 2 aromatic carbocycles. The maximum Gasteiger partial charge on any atom is 0.258 e. The number of ether oxygens (including phenoxy) is 1. The number of halogens is 1. The second-order valence-electron chi connectivity index (χ2n) is 6.06. The first kappa shape index (κ1) is 16.5. The highest BCUT2D eigenvalue weighted by Crippen LogP contribution is 2.45. The fraction of sp³-hybridized carbons (Fsp3) is 0.316. The SMILES string of the molecule is O=C(COc1ccccc1F)NC[C@](O)(c1ccccc1)C1CC1. The summed E-state index contributed by atoms with van der Waals surface area (Å²) in [4.78, 5) is 12.0. The molecule has 2 N–H and O–H groups in total. The Balaban J connectivity index is 1.57. The summed E-state index contributed by atoms with van der Waals surface area (Å²) in [7, 11) is 0. The molecule has 5 heteroatoms. The topological polar surface area (TPSA) is 58.6 Å². The quantitative estimate of drug-likeness (QED) is 0.821. The van der Waals surface area contributed by atoms with Crippen LogP contribution in [0.1, 0.15) is 18.4 Å². The molecular formula is C19H20FNO3. The molecule has 1 aliphatic carbocycles. The zero-order chi connectivity index (χ0) is 17.0. The van der Waals surface area contributed by atoms with Crippen LogP contribution in [-0.2, 0) is 10.4 Å².